The van der Waals surface area contributed by atoms with E-state index >= 15 is 0 Å². The standard InChI is InChI=1S/C9H8BrFO4/c10-5-3-6(12)9(15)8(11)4(5)1-2-7(13)14/h3,12,15H,1-2H2,(H,13,14). The molecular formula is C9H8BrFO4. The van der Waals surface area contributed by atoms with Crippen LogP contribution in [0.4, 0.5) is 4.39 Å². The van der Waals surface area contributed by atoms with Crippen LogP contribution in [0.2, 0.25) is 0 Å². The number of phenols is 2. The maximum Gasteiger partial charge on any atom is 0.303 e. The van der Waals surface area contributed by atoms with Crippen LogP contribution < -0.4 is 0 Å². The molecule has 0 bridgehead atoms. The molecule has 0 amide bonds. The van der Waals surface area contributed by atoms with Crippen molar-refractivity contribution < 1.29 is 24.5 Å². The predicted octanol–water partition coefficient (Wildman–Crippen LogP) is 2.02. The van der Waals surface area contributed by atoms with Crippen LogP contribution in [0.15, 0.2) is 10.5 Å². The molecule has 1 rings (SSSR count). The van der Waals surface area contributed by atoms with Crippen molar-refractivity contribution in [1.29, 1.82) is 0 Å². The maximum absolute atomic E-state index is 13.3. The summed E-state index contributed by atoms with van der Waals surface area (Å²) in [4.78, 5) is 10.3. The topological polar surface area (TPSA) is 77.8 Å². The summed E-state index contributed by atoms with van der Waals surface area (Å²) in [6, 6.07) is 1.12. The van der Waals surface area contributed by atoms with E-state index in [-0.39, 0.29) is 22.9 Å². The molecule has 0 saturated heterocycles. The van der Waals surface area contributed by atoms with Gasteiger partial charge >= 0.3 is 5.97 Å². The van der Waals surface area contributed by atoms with E-state index in [1.54, 1.807) is 0 Å². The minimum atomic E-state index is -1.06. The van der Waals surface area contributed by atoms with Crippen molar-refractivity contribution in [2.45, 2.75) is 12.8 Å². The van der Waals surface area contributed by atoms with Gasteiger partial charge in [0.15, 0.2) is 17.3 Å². The number of hydrogen-bond acceptors (Lipinski definition) is 3. The van der Waals surface area contributed by atoms with Crippen molar-refractivity contribution in [3.05, 3.63) is 21.9 Å². The summed E-state index contributed by atoms with van der Waals surface area (Å²) in [6.07, 6.45) is -0.310. The van der Waals surface area contributed by atoms with Crippen LogP contribution in [0.1, 0.15) is 12.0 Å². The summed E-state index contributed by atoms with van der Waals surface area (Å²) < 4.78 is 13.6. The third-order valence-corrected chi connectivity index (χ3v) is 2.56. The van der Waals surface area contributed by atoms with Crippen LogP contribution in [0.5, 0.6) is 11.5 Å². The second-order valence-electron chi connectivity index (χ2n) is 2.91. The van der Waals surface area contributed by atoms with Gasteiger partial charge in [-0.2, -0.15) is 0 Å². The van der Waals surface area contributed by atoms with Gasteiger partial charge in [0.2, 0.25) is 0 Å². The van der Waals surface area contributed by atoms with Crippen molar-refractivity contribution in [3.8, 4) is 11.5 Å². The molecule has 0 spiro atoms. The number of phenolic OH excluding ortho intramolecular Hbond substituents is 2. The van der Waals surface area contributed by atoms with Gasteiger partial charge in [-0.1, -0.05) is 15.9 Å². The van der Waals surface area contributed by atoms with Gasteiger partial charge in [0.25, 0.3) is 0 Å². The van der Waals surface area contributed by atoms with Gasteiger partial charge < -0.3 is 15.3 Å². The highest BCUT2D eigenvalue weighted by Crippen LogP contribution is 2.35. The lowest BCUT2D eigenvalue weighted by atomic mass is 10.1. The highest BCUT2D eigenvalue weighted by Gasteiger charge is 2.16. The van der Waals surface area contributed by atoms with Gasteiger partial charge in [0, 0.05) is 16.5 Å². The average Bonchev–Trinajstić information content (AvgIpc) is 2.14. The van der Waals surface area contributed by atoms with Crippen molar-refractivity contribution >= 4 is 21.9 Å². The van der Waals surface area contributed by atoms with E-state index in [1.807, 2.05) is 0 Å². The summed E-state index contributed by atoms with van der Waals surface area (Å²) in [5.74, 6) is -3.51. The first-order valence-electron chi connectivity index (χ1n) is 4.04. The number of carboxylic acids is 1. The first-order chi connectivity index (χ1) is 6.93. The SMILES string of the molecule is O=C(O)CCc1c(Br)cc(O)c(O)c1F. The monoisotopic (exact) mass is 278 g/mol. The van der Waals surface area contributed by atoms with Gasteiger partial charge in [-0.15, -0.1) is 0 Å². The summed E-state index contributed by atoms with van der Waals surface area (Å²) >= 11 is 2.98. The summed E-state index contributed by atoms with van der Waals surface area (Å²) in [5, 5.41) is 26.6. The molecule has 0 unspecified atom stereocenters. The normalized spacial score (nSPS) is 10.3. The first kappa shape index (κ1) is 11.8. The zero-order chi connectivity index (χ0) is 11.6. The van der Waals surface area contributed by atoms with Gasteiger partial charge in [-0.25, -0.2) is 4.39 Å². The van der Waals surface area contributed by atoms with E-state index in [4.69, 9.17) is 15.3 Å². The Balaban J connectivity index is 3.07. The Kier molecular flexibility index (Phi) is 3.52. The zero-order valence-corrected chi connectivity index (χ0v) is 9.08. The lowest BCUT2D eigenvalue weighted by molar-refractivity contribution is -0.136. The van der Waals surface area contributed by atoms with E-state index < -0.39 is 23.3 Å². The molecule has 0 aliphatic heterocycles. The second-order valence-corrected chi connectivity index (χ2v) is 3.77. The highest BCUT2D eigenvalue weighted by atomic mass is 79.9. The molecule has 0 fully saturated rings. The second kappa shape index (κ2) is 4.48. The van der Waals surface area contributed by atoms with E-state index in [0.29, 0.717) is 0 Å². The molecule has 0 aliphatic carbocycles. The molecule has 0 radical (unpaired) electrons. The van der Waals surface area contributed by atoms with Crippen LogP contribution in [0.3, 0.4) is 0 Å². The number of aliphatic carboxylic acids is 1. The molecule has 15 heavy (non-hydrogen) atoms. The maximum atomic E-state index is 13.3. The van der Waals surface area contributed by atoms with Crippen LogP contribution in [0, 0.1) is 5.82 Å². The van der Waals surface area contributed by atoms with Crippen LogP contribution in [-0.4, -0.2) is 21.3 Å². The number of benzene rings is 1. The number of hydrogen-bond donors (Lipinski definition) is 3. The van der Waals surface area contributed by atoms with E-state index in [2.05, 4.69) is 15.9 Å². The number of carboxylic acid groups (broad SMARTS) is 1. The summed E-state index contributed by atoms with van der Waals surface area (Å²) in [5.41, 5.74) is 0.0349. The van der Waals surface area contributed by atoms with E-state index in [1.165, 1.54) is 0 Å². The molecule has 1 aromatic rings. The average molecular weight is 279 g/mol. The van der Waals surface area contributed by atoms with Crippen LogP contribution in [-0.2, 0) is 11.2 Å². The fourth-order valence-corrected chi connectivity index (χ4v) is 1.69. The van der Waals surface area contributed by atoms with Crippen molar-refractivity contribution in [2.24, 2.45) is 0 Å². The number of aromatic hydroxyl groups is 2. The molecule has 6 heteroatoms. The predicted molar refractivity (Wildman–Crippen MR) is 53.4 cm³/mol. The third kappa shape index (κ3) is 2.59. The quantitative estimate of drug-likeness (QED) is 0.740. The Morgan fingerprint density at radius 2 is 2.07 bits per heavy atom. The minimum absolute atomic E-state index is 0.0349. The van der Waals surface area contributed by atoms with E-state index in [0.717, 1.165) is 6.07 Å². The lowest BCUT2D eigenvalue weighted by Gasteiger charge is -2.07. The van der Waals surface area contributed by atoms with Gasteiger partial charge in [-0.3, -0.25) is 4.79 Å². The summed E-state index contributed by atoms with van der Waals surface area (Å²) in [7, 11) is 0. The Hall–Kier alpha value is -1.30. The molecule has 1 aromatic carbocycles. The molecular weight excluding hydrogens is 271 g/mol. The molecule has 0 aromatic heterocycles. The van der Waals surface area contributed by atoms with Crippen LogP contribution >= 0.6 is 15.9 Å². The fraction of sp³-hybridized carbons (Fsp3) is 0.222. The number of halogens is 2. The molecule has 0 saturated carbocycles. The Morgan fingerprint density at radius 3 is 2.60 bits per heavy atom. The molecule has 0 atom stereocenters. The Bertz CT molecular complexity index is 406. The fourth-order valence-electron chi connectivity index (χ4n) is 1.10. The number of rotatable bonds is 3. The van der Waals surface area contributed by atoms with Gasteiger partial charge in [-0.05, 0) is 12.5 Å². The molecule has 82 valence electrons. The number of carbonyl (C=O) groups is 1. The minimum Gasteiger partial charge on any atom is -0.504 e. The van der Waals surface area contributed by atoms with Crippen LogP contribution in [0.25, 0.3) is 0 Å². The summed E-state index contributed by atoms with van der Waals surface area (Å²) in [6.45, 7) is 0. The molecule has 3 N–H and O–H groups in total. The molecule has 0 heterocycles. The van der Waals surface area contributed by atoms with Crippen molar-refractivity contribution in [2.75, 3.05) is 0 Å². The smallest absolute Gasteiger partial charge is 0.303 e. The van der Waals surface area contributed by atoms with Crippen molar-refractivity contribution in [3.63, 3.8) is 0 Å². The lowest BCUT2D eigenvalue weighted by Crippen LogP contribution is -2.00. The zero-order valence-electron chi connectivity index (χ0n) is 7.50. The highest BCUT2D eigenvalue weighted by molar-refractivity contribution is 9.10. The van der Waals surface area contributed by atoms with Gasteiger partial charge in [0.05, 0.1) is 0 Å². The Morgan fingerprint density at radius 1 is 1.47 bits per heavy atom. The van der Waals surface area contributed by atoms with Crippen molar-refractivity contribution in [1.82, 2.24) is 0 Å². The Labute approximate surface area is 93.1 Å². The van der Waals surface area contributed by atoms with E-state index in [9.17, 15) is 9.18 Å². The van der Waals surface area contributed by atoms with Gasteiger partial charge in [0.1, 0.15) is 0 Å². The third-order valence-electron chi connectivity index (χ3n) is 1.86. The first-order valence-corrected chi connectivity index (χ1v) is 4.83. The molecule has 0 aliphatic rings. The molecule has 4 nitrogen and oxygen atoms in total. The largest absolute Gasteiger partial charge is 0.504 e.